The third kappa shape index (κ3) is 5.18. The maximum atomic E-state index is 6.08. The molecule has 2 aromatic carbocycles. The molecule has 0 saturated heterocycles. The average Bonchev–Trinajstić information content (AvgIpc) is 2.48. The molecule has 2 aromatic rings. The fourth-order valence-corrected chi connectivity index (χ4v) is 2.86. The Morgan fingerprint density at radius 2 is 1.57 bits per heavy atom. The molecule has 0 aromatic heterocycles. The van der Waals surface area contributed by atoms with E-state index in [1.807, 2.05) is 12.1 Å². The first-order valence-electron chi connectivity index (χ1n) is 7.77. The zero-order valence-electron chi connectivity index (χ0n) is 12.9. The number of aryl methyl sites for hydroxylation is 1. The summed E-state index contributed by atoms with van der Waals surface area (Å²) in [4.78, 5) is 0. The minimum Gasteiger partial charge on any atom is -0.314 e. The highest BCUT2D eigenvalue weighted by molar-refractivity contribution is 6.30. The predicted molar refractivity (Wildman–Crippen MR) is 92.1 cm³/mol. The second kappa shape index (κ2) is 8.21. The molecular weight excluding hydrogens is 278 g/mol. The van der Waals surface area contributed by atoms with Crippen LogP contribution < -0.4 is 5.32 Å². The minimum absolute atomic E-state index is 0.445. The van der Waals surface area contributed by atoms with Gasteiger partial charge in [0.15, 0.2) is 0 Å². The van der Waals surface area contributed by atoms with Gasteiger partial charge in [0.2, 0.25) is 0 Å². The molecule has 2 rings (SSSR count). The van der Waals surface area contributed by atoms with E-state index in [1.165, 1.54) is 16.7 Å². The monoisotopic (exact) mass is 301 g/mol. The van der Waals surface area contributed by atoms with Gasteiger partial charge in [-0.25, -0.2) is 0 Å². The second-order valence-electron chi connectivity index (χ2n) is 5.46. The van der Waals surface area contributed by atoms with Gasteiger partial charge in [0.05, 0.1) is 0 Å². The fraction of sp³-hybridized carbons (Fsp3) is 0.368. The number of hydrogen-bond donors (Lipinski definition) is 1. The molecule has 0 aliphatic carbocycles. The second-order valence-corrected chi connectivity index (χ2v) is 5.90. The van der Waals surface area contributed by atoms with E-state index in [0.717, 1.165) is 30.8 Å². The zero-order chi connectivity index (χ0) is 15.1. The lowest BCUT2D eigenvalue weighted by Crippen LogP contribution is -2.33. The van der Waals surface area contributed by atoms with Gasteiger partial charge in [0.1, 0.15) is 0 Å². The van der Waals surface area contributed by atoms with Crippen LogP contribution in [0.4, 0.5) is 0 Å². The zero-order valence-corrected chi connectivity index (χ0v) is 13.7. The third-order valence-corrected chi connectivity index (χ3v) is 4.01. The van der Waals surface area contributed by atoms with Crippen LogP contribution in [0.5, 0.6) is 0 Å². The standard InChI is InChI=1S/C19H24ClN/c1-3-15-8-10-16(11-9-15)13-19(21-4-2)14-17-6-5-7-18(20)12-17/h5-12,19,21H,3-4,13-14H2,1-2H3. The summed E-state index contributed by atoms with van der Waals surface area (Å²) < 4.78 is 0. The van der Waals surface area contributed by atoms with Crippen molar-refractivity contribution in [2.75, 3.05) is 6.54 Å². The molecule has 1 nitrogen and oxygen atoms in total. The Kier molecular flexibility index (Phi) is 6.28. The lowest BCUT2D eigenvalue weighted by Gasteiger charge is -2.18. The van der Waals surface area contributed by atoms with Crippen molar-refractivity contribution >= 4 is 11.6 Å². The molecule has 0 spiro atoms. The summed E-state index contributed by atoms with van der Waals surface area (Å²) in [5.74, 6) is 0. The maximum absolute atomic E-state index is 6.08. The lowest BCUT2D eigenvalue weighted by molar-refractivity contribution is 0.521. The molecule has 0 amide bonds. The van der Waals surface area contributed by atoms with Gasteiger partial charge >= 0.3 is 0 Å². The third-order valence-electron chi connectivity index (χ3n) is 3.78. The van der Waals surface area contributed by atoms with Crippen molar-refractivity contribution in [3.8, 4) is 0 Å². The first kappa shape index (κ1) is 16.1. The van der Waals surface area contributed by atoms with Gasteiger partial charge in [-0.05, 0) is 54.6 Å². The molecule has 112 valence electrons. The number of nitrogens with one attached hydrogen (secondary N) is 1. The van der Waals surface area contributed by atoms with Gasteiger partial charge in [-0.15, -0.1) is 0 Å². The van der Waals surface area contributed by atoms with Crippen LogP contribution in [0.15, 0.2) is 48.5 Å². The van der Waals surface area contributed by atoms with Gasteiger partial charge in [0, 0.05) is 11.1 Å². The Morgan fingerprint density at radius 3 is 2.19 bits per heavy atom. The molecule has 0 aliphatic heterocycles. The van der Waals surface area contributed by atoms with Crippen molar-refractivity contribution in [2.45, 2.75) is 39.2 Å². The molecular formula is C19H24ClN. The molecule has 2 heteroatoms. The quantitative estimate of drug-likeness (QED) is 0.784. The van der Waals surface area contributed by atoms with Crippen molar-refractivity contribution in [1.82, 2.24) is 5.32 Å². The largest absolute Gasteiger partial charge is 0.314 e. The Bertz CT molecular complexity index is 548. The number of rotatable bonds is 7. The Balaban J connectivity index is 2.04. The first-order valence-corrected chi connectivity index (χ1v) is 8.14. The van der Waals surface area contributed by atoms with Crippen LogP contribution in [0.1, 0.15) is 30.5 Å². The summed E-state index contributed by atoms with van der Waals surface area (Å²) in [5.41, 5.74) is 4.08. The van der Waals surface area contributed by atoms with Gasteiger partial charge in [-0.3, -0.25) is 0 Å². The average molecular weight is 302 g/mol. The molecule has 0 aliphatic rings. The van der Waals surface area contributed by atoms with Crippen molar-refractivity contribution in [2.24, 2.45) is 0 Å². The van der Waals surface area contributed by atoms with Crippen LogP contribution in [-0.4, -0.2) is 12.6 Å². The van der Waals surface area contributed by atoms with E-state index in [9.17, 15) is 0 Å². The van der Waals surface area contributed by atoms with Crippen LogP contribution in [0.25, 0.3) is 0 Å². The smallest absolute Gasteiger partial charge is 0.0408 e. The van der Waals surface area contributed by atoms with Crippen molar-refractivity contribution in [3.63, 3.8) is 0 Å². The van der Waals surface area contributed by atoms with Crippen LogP contribution in [-0.2, 0) is 19.3 Å². The highest BCUT2D eigenvalue weighted by Crippen LogP contribution is 2.15. The summed E-state index contributed by atoms with van der Waals surface area (Å²) >= 11 is 6.08. The van der Waals surface area contributed by atoms with Crippen molar-refractivity contribution < 1.29 is 0 Å². The Morgan fingerprint density at radius 1 is 0.905 bits per heavy atom. The molecule has 21 heavy (non-hydrogen) atoms. The molecule has 0 bridgehead atoms. The normalized spacial score (nSPS) is 12.3. The van der Waals surface area contributed by atoms with E-state index in [1.54, 1.807) is 0 Å². The van der Waals surface area contributed by atoms with Crippen LogP contribution in [0, 0.1) is 0 Å². The van der Waals surface area contributed by atoms with Gasteiger partial charge in [-0.1, -0.05) is 61.8 Å². The highest BCUT2D eigenvalue weighted by Gasteiger charge is 2.10. The van der Waals surface area contributed by atoms with Crippen LogP contribution in [0.2, 0.25) is 5.02 Å². The summed E-state index contributed by atoms with van der Waals surface area (Å²) in [6, 6.07) is 17.6. The maximum Gasteiger partial charge on any atom is 0.0408 e. The van der Waals surface area contributed by atoms with E-state index in [-0.39, 0.29) is 0 Å². The molecule has 0 radical (unpaired) electrons. The molecule has 1 unspecified atom stereocenters. The topological polar surface area (TPSA) is 12.0 Å². The number of hydrogen-bond acceptors (Lipinski definition) is 1. The van der Waals surface area contributed by atoms with E-state index in [2.05, 4.69) is 55.6 Å². The molecule has 1 atom stereocenters. The Hall–Kier alpha value is -1.31. The van der Waals surface area contributed by atoms with Gasteiger partial charge in [0.25, 0.3) is 0 Å². The minimum atomic E-state index is 0.445. The fourth-order valence-electron chi connectivity index (χ4n) is 2.65. The van der Waals surface area contributed by atoms with E-state index in [4.69, 9.17) is 11.6 Å². The number of benzene rings is 2. The summed E-state index contributed by atoms with van der Waals surface area (Å²) in [6.45, 7) is 5.33. The summed E-state index contributed by atoms with van der Waals surface area (Å²) in [5, 5.41) is 4.40. The number of likely N-dealkylation sites (N-methyl/N-ethyl adjacent to an activating group) is 1. The lowest BCUT2D eigenvalue weighted by atomic mass is 9.98. The van der Waals surface area contributed by atoms with Gasteiger partial charge in [-0.2, -0.15) is 0 Å². The summed E-state index contributed by atoms with van der Waals surface area (Å²) in [7, 11) is 0. The van der Waals surface area contributed by atoms with E-state index < -0.39 is 0 Å². The molecule has 1 N–H and O–H groups in total. The summed E-state index contributed by atoms with van der Waals surface area (Å²) in [6.07, 6.45) is 3.15. The van der Waals surface area contributed by atoms with E-state index >= 15 is 0 Å². The van der Waals surface area contributed by atoms with Gasteiger partial charge < -0.3 is 5.32 Å². The first-order chi connectivity index (χ1) is 10.2. The predicted octanol–water partition coefficient (Wildman–Crippen LogP) is 4.67. The molecule has 0 heterocycles. The Labute approximate surface area is 133 Å². The van der Waals surface area contributed by atoms with Crippen molar-refractivity contribution in [1.29, 1.82) is 0 Å². The van der Waals surface area contributed by atoms with Crippen molar-refractivity contribution in [3.05, 3.63) is 70.2 Å². The van der Waals surface area contributed by atoms with Crippen LogP contribution in [0.3, 0.4) is 0 Å². The molecule has 0 fully saturated rings. The van der Waals surface area contributed by atoms with Crippen LogP contribution >= 0.6 is 11.6 Å². The molecule has 0 saturated carbocycles. The van der Waals surface area contributed by atoms with E-state index in [0.29, 0.717) is 6.04 Å². The SMILES string of the molecule is CCNC(Cc1ccc(CC)cc1)Cc1cccc(Cl)c1. The highest BCUT2D eigenvalue weighted by atomic mass is 35.5. The number of halogens is 1.